The Hall–Kier alpha value is -1.80. The first kappa shape index (κ1) is 14.3. The number of aliphatic hydroxyl groups excluding tert-OH is 2. The van der Waals surface area contributed by atoms with Crippen molar-refractivity contribution < 1.29 is 38.4 Å². The predicted octanol–water partition coefficient (Wildman–Crippen LogP) is 0.890. The van der Waals surface area contributed by atoms with Crippen LogP contribution in [0.3, 0.4) is 0 Å². The minimum atomic E-state index is -4.71. The molecule has 0 saturated carbocycles. The van der Waals surface area contributed by atoms with Crippen LogP contribution in [0.2, 0.25) is 0 Å². The molecule has 0 aliphatic carbocycles. The van der Waals surface area contributed by atoms with Crippen molar-refractivity contribution in [3.63, 3.8) is 0 Å². The van der Waals surface area contributed by atoms with E-state index in [2.05, 4.69) is 0 Å². The molecule has 1 aromatic carbocycles. The number of aliphatic hydroxyl groups is 2. The Bertz CT molecular complexity index is 457. The van der Waals surface area contributed by atoms with Crippen LogP contribution in [0.4, 0.5) is 13.2 Å². The lowest BCUT2D eigenvalue weighted by Gasteiger charge is -2.17. The molecule has 0 aliphatic heterocycles. The highest BCUT2D eigenvalue weighted by atomic mass is 19.4. The molecule has 2 atom stereocenters. The molecule has 0 bridgehead atoms. The summed E-state index contributed by atoms with van der Waals surface area (Å²) in [5, 5.41) is 36.1. The van der Waals surface area contributed by atoms with Crippen LogP contribution in [-0.4, -0.2) is 32.5 Å². The van der Waals surface area contributed by atoms with Gasteiger partial charge < -0.3 is 20.4 Å². The lowest BCUT2D eigenvalue weighted by Crippen LogP contribution is -2.27. The molecule has 8 heteroatoms. The summed E-state index contributed by atoms with van der Waals surface area (Å²) >= 11 is 0. The third-order valence-electron chi connectivity index (χ3n) is 2.23. The summed E-state index contributed by atoms with van der Waals surface area (Å²) in [6, 6.07) is 1.61. The van der Waals surface area contributed by atoms with Gasteiger partial charge in [0.05, 0.1) is 5.56 Å². The zero-order chi connectivity index (χ0) is 14.1. The van der Waals surface area contributed by atoms with Crippen molar-refractivity contribution in [3.05, 3.63) is 29.3 Å². The van der Waals surface area contributed by atoms with Gasteiger partial charge in [0, 0.05) is 5.56 Å². The largest absolute Gasteiger partial charge is 0.508 e. The Morgan fingerprint density at radius 2 is 1.78 bits per heavy atom. The van der Waals surface area contributed by atoms with Gasteiger partial charge in [-0.15, -0.1) is 0 Å². The fraction of sp³-hybridized carbons (Fsp3) is 0.300. The number of benzene rings is 1. The van der Waals surface area contributed by atoms with Gasteiger partial charge in [-0.3, -0.25) is 0 Å². The van der Waals surface area contributed by atoms with Gasteiger partial charge >= 0.3 is 12.1 Å². The molecule has 0 aromatic heterocycles. The monoisotopic (exact) mass is 266 g/mol. The van der Waals surface area contributed by atoms with Crippen molar-refractivity contribution >= 4 is 5.97 Å². The SMILES string of the molecule is O=C(O)C(O)C(O)c1cc(C(F)(F)F)ccc1O. The number of phenols is 1. The zero-order valence-electron chi connectivity index (χ0n) is 8.72. The molecule has 5 nitrogen and oxygen atoms in total. The van der Waals surface area contributed by atoms with Crippen molar-refractivity contribution in [2.24, 2.45) is 0 Å². The van der Waals surface area contributed by atoms with Crippen LogP contribution in [0, 0.1) is 0 Å². The Morgan fingerprint density at radius 3 is 2.22 bits per heavy atom. The Balaban J connectivity index is 3.20. The topological polar surface area (TPSA) is 98.0 Å². The zero-order valence-corrected chi connectivity index (χ0v) is 8.72. The second-order valence-electron chi connectivity index (χ2n) is 3.50. The maximum atomic E-state index is 12.4. The van der Waals surface area contributed by atoms with Gasteiger partial charge in [-0.05, 0) is 18.2 Å². The van der Waals surface area contributed by atoms with Gasteiger partial charge in [-0.1, -0.05) is 0 Å². The molecule has 2 unspecified atom stereocenters. The van der Waals surface area contributed by atoms with Crippen LogP contribution >= 0.6 is 0 Å². The summed E-state index contributed by atoms with van der Waals surface area (Å²) in [6.07, 6.45) is -9.21. The molecular formula is C10H9F3O5. The van der Waals surface area contributed by atoms with Crippen LogP contribution in [0.5, 0.6) is 5.75 Å². The van der Waals surface area contributed by atoms with Crippen LogP contribution in [-0.2, 0) is 11.0 Å². The van der Waals surface area contributed by atoms with E-state index in [1.807, 2.05) is 0 Å². The number of carboxylic acid groups (broad SMARTS) is 1. The Morgan fingerprint density at radius 1 is 1.22 bits per heavy atom. The Kier molecular flexibility index (Phi) is 3.82. The summed E-state index contributed by atoms with van der Waals surface area (Å²) < 4.78 is 37.1. The van der Waals surface area contributed by atoms with Gasteiger partial charge in [0.1, 0.15) is 11.9 Å². The van der Waals surface area contributed by atoms with E-state index >= 15 is 0 Å². The van der Waals surface area contributed by atoms with Crippen LogP contribution in [0.1, 0.15) is 17.2 Å². The normalized spacial score (nSPS) is 15.2. The second kappa shape index (κ2) is 4.83. The summed E-state index contributed by atoms with van der Waals surface area (Å²) in [7, 11) is 0. The van der Waals surface area contributed by atoms with E-state index in [0.29, 0.717) is 18.2 Å². The van der Waals surface area contributed by atoms with Crippen molar-refractivity contribution in [3.8, 4) is 5.75 Å². The number of hydrogen-bond acceptors (Lipinski definition) is 4. The molecule has 0 amide bonds. The van der Waals surface area contributed by atoms with E-state index < -0.39 is 41.2 Å². The average molecular weight is 266 g/mol. The highest BCUT2D eigenvalue weighted by molar-refractivity contribution is 5.73. The van der Waals surface area contributed by atoms with Crippen LogP contribution in [0.25, 0.3) is 0 Å². The lowest BCUT2D eigenvalue weighted by molar-refractivity contribution is -0.153. The highest BCUT2D eigenvalue weighted by Crippen LogP contribution is 2.35. The minimum Gasteiger partial charge on any atom is -0.508 e. The van der Waals surface area contributed by atoms with E-state index in [0.717, 1.165) is 0 Å². The third-order valence-corrected chi connectivity index (χ3v) is 2.23. The highest BCUT2D eigenvalue weighted by Gasteiger charge is 2.34. The van der Waals surface area contributed by atoms with Gasteiger partial charge in [0.25, 0.3) is 0 Å². The molecule has 0 radical (unpaired) electrons. The summed E-state index contributed by atoms with van der Waals surface area (Å²) in [5.74, 6) is -2.56. The number of hydrogen-bond donors (Lipinski definition) is 4. The quantitative estimate of drug-likeness (QED) is 0.651. The molecule has 100 valence electrons. The summed E-state index contributed by atoms with van der Waals surface area (Å²) in [5.41, 5.74) is -1.88. The van der Waals surface area contributed by atoms with E-state index in [4.69, 9.17) is 10.2 Å². The summed E-state index contributed by atoms with van der Waals surface area (Å²) in [4.78, 5) is 10.4. The van der Waals surface area contributed by atoms with Gasteiger partial charge in [-0.25, -0.2) is 4.79 Å². The number of aromatic hydroxyl groups is 1. The van der Waals surface area contributed by atoms with Gasteiger partial charge in [0.2, 0.25) is 0 Å². The molecule has 18 heavy (non-hydrogen) atoms. The third kappa shape index (κ3) is 2.90. The number of rotatable bonds is 3. The van der Waals surface area contributed by atoms with Gasteiger partial charge in [0.15, 0.2) is 6.10 Å². The minimum absolute atomic E-state index is 0.381. The number of aliphatic carboxylic acids is 1. The first-order valence-corrected chi connectivity index (χ1v) is 4.63. The number of alkyl halides is 3. The average Bonchev–Trinajstić information content (AvgIpc) is 2.26. The van der Waals surface area contributed by atoms with Crippen LogP contribution in [0.15, 0.2) is 18.2 Å². The molecule has 0 aliphatic rings. The van der Waals surface area contributed by atoms with Crippen LogP contribution < -0.4 is 0 Å². The number of carboxylic acids is 1. The molecular weight excluding hydrogens is 257 g/mol. The maximum Gasteiger partial charge on any atom is 0.416 e. The molecule has 0 heterocycles. The van der Waals surface area contributed by atoms with Gasteiger partial charge in [-0.2, -0.15) is 13.2 Å². The molecule has 1 rings (SSSR count). The second-order valence-corrected chi connectivity index (χ2v) is 3.50. The maximum absolute atomic E-state index is 12.4. The van der Waals surface area contributed by atoms with E-state index in [1.165, 1.54) is 0 Å². The number of phenolic OH excluding ortho intramolecular Hbond substituents is 1. The fourth-order valence-electron chi connectivity index (χ4n) is 1.27. The lowest BCUT2D eigenvalue weighted by atomic mass is 10.0. The number of halogens is 3. The molecule has 0 spiro atoms. The fourth-order valence-corrected chi connectivity index (χ4v) is 1.27. The molecule has 1 aromatic rings. The standard InChI is InChI=1S/C10H9F3O5/c11-10(12,13)4-1-2-6(14)5(3-4)7(15)8(16)9(17)18/h1-3,7-8,14-16H,(H,17,18). The van der Waals surface area contributed by atoms with Crippen molar-refractivity contribution in [1.82, 2.24) is 0 Å². The predicted molar refractivity (Wildman–Crippen MR) is 51.7 cm³/mol. The van der Waals surface area contributed by atoms with E-state index in [-0.39, 0.29) is 0 Å². The smallest absolute Gasteiger partial charge is 0.416 e. The van der Waals surface area contributed by atoms with Crippen molar-refractivity contribution in [2.75, 3.05) is 0 Å². The summed E-state index contributed by atoms with van der Waals surface area (Å²) in [6.45, 7) is 0. The Labute approximate surface area is 98.7 Å². The molecule has 0 saturated heterocycles. The van der Waals surface area contributed by atoms with Crippen molar-refractivity contribution in [2.45, 2.75) is 18.4 Å². The molecule has 0 fully saturated rings. The van der Waals surface area contributed by atoms with Crippen molar-refractivity contribution in [1.29, 1.82) is 0 Å². The first-order chi connectivity index (χ1) is 8.14. The van der Waals surface area contributed by atoms with E-state index in [9.17, 15) is 28.2 Å². The van der Waals surface area contributed by atoms with E-state index in [1.54, 1.807) is 0 Å². The number of carbonyl (C=O) groups is 1. The molecule has 4 N–H and O–H groups in total. The first-order valence-electron chi connectivity index (χ1n) is 4.63.